The average molecular weight is 352 g/mol. The zero-order valence-corrected chi connectivity index (χ0v) is 13.9. The Morgan fingerprint density at radius 2 is 1.90 bits per heavy atom. The molecule has 0 aliphatic rings. The second-order valence-corrected chi connectivity index (χ2v) is 6.10. The molecule has 1 nitrogen and oxygen atoms in total. The van der Waals surface area contributed by atoms with Crippen molar-refractivity contribution < 1.29 is 4.74 Å². The summed E-state index contributed by atoms with van der Waals surface area (Å²) in [5, 5.41) is 0.699. The van der Waals surface area contributed by atoms with Crippen LogP contribution in [0, 0.1) is 6.92 Å². The molecule has 20 heavy (non-hydrogen) atoms. The van der Waals surface area contributed by atoms with Crippen molar-refractivity contribution in [2.45, 2.75) is 20.3 Å². The lowest BCUT2D eigenvalue weighted by Gasteiger charge is -2.11. The van der Waals surface area contributed by atoms with Gasteiger partial charge in [0.15, 0.2) is 0 Å². The van der Waals surface area contributed by atoms with Crippen molar-refractivity contribution in [1.29, 1.82) is 0 Å². The Balaban J connectivity index is 2.26. The largest absolute Gasteiger partial charge is 0.461 e. The molecule has 0 radical (unpaired) electrons. The van der Waals surface area contributed by atoms with Gasteiger partial charge in [-0.05, 0) is 53.4 Å². The van der Waals surface area contributed by atoms with Crippen molar-refractivity contribution >= 4 is 27.5 Å². The van der Waals surface area contributed by atoms with Crippen molar-refractivity contribution in [2.75, 3.05) is 0 Å². The van der Waals surface area contributed by atoms with Crippen LogP contribution in [-0.4, -0.2) is 0 Å². The van der Waals surface area contributed by atoms with Crippen molar-refractivity contribution in [3.63, 3.8) is 0 Å². The Morgan fingerprint density at radius 3 is 2.50 bits per heavy atom. The van der Waals surface area contributed by atoms with Crippen LogP contribution in [-0.2, 0) is 6.42 Å². The van der Waals surface area contributed by atoms with Gasteiger partial charge < -0.3 is 4.74 Å². The third kappa shape index (κ3) is 3.87. The molecule has 0 aliphatic carbocycles. The van der Waals surface area contributed by atoms with Crippen LogP contribution in [0.5, 0.6) is 5.75 Å². The molecule has 0 fully saturated rings. The summed E-state index contributed by atoms with van der Waals surface area (Å²) in [6.45, 7) is 7.62. The molecule has 2 rings (SSSR count). The minimum absolute atomic E-state index is 0.632. The van der Waals surface area contributed by atoms with Gasteiger partial charge in [-0.15, -0.1) is 0 Å². The molecule has 0 aromatic heterocycles. The van der Waals surface area contributed by atoms with E-state index in [1.807, 2.05) is 12.1 Å². The molecule has 0 heterocycles. The number of rotatable bonds is 4. The van der Waals surface area contributed by atoms with Crippen molar-refractivity contribution in [1.82, 2.24) is 0 Å². The second kappa shape index (κ2) is 6.47. The lowest BCUT2D eigenvalue weighted by atomic mass is 10.0. The van der Waals surface area contributed by atoms with Crippen molar-refractivity contribution in [3.05, 3.63) is 74.9 Å². The molecule has 2 aromatic rings. The van der Waals surface area contributed by atoms with E-state index in [0.29, 0.717) is 16.5 Å². The van der Waals surface area contributed by atoms with E-state index in [0.717, 1.165) is 16.5 Å². The first-order valence-corrected chi connectivity index (χ1v) is 7.49. The Bertz CT molecular complexity index is 632. The van der Waals surface area contributed by atoms with Gasteiger partial charge in [0.05, 0.1) is 10.2 Å². The van der Waals surface area contributed by atoms with Gasteiger partial charge in [-0.1, -0.05) is 48.0 Å². The molecule has 0 amide bonds. The number of hydrogen-bond acceptors (Lipinski definition) is 1. The fourth-order valence-corrected chi connectivity index (χ4v) is 2.59. The summed E-state index contributed by atoms with van der Waals surface area (Å²) in [5.74, 6) is 1.32. The topological polar surface area (TPSA) is 9.23 Å². The fourth-order valence-electron chi connectivity index (χ4n) is 1.90. The quantitative estimate of drug-likeness (QED) is 0.622. The number of halogens is 2. The van der Waals surface area contributed by atoms with E-state index in [4.69, 9.17) is 16.3 Å². The number of ether oxygens (including phenoxy) is 1. The first-order valence-electron chi connectivity index (χ1n) is 6.32. The lowest BCUT2D eigenvalue weighted by Crippen LogP contribution is -1.94. The van der Waals surface area contributed by atoms with E-state index < -0.39 is 0 Å². The van der Waals surface area contributed by atoms with E-state index in [2.05, 4.69) is 53.7 Å². The third-order valence-corrected chi connectivity index (χ3v) is 3.87. The van der Waals surface area contributed by atoms with Gasteiger partial charge in [0.25, 0.3) is 0 Å². The molecule has 0 unspecified atom stereocenters. The van der Waals surface area contributed by atoms with Crippen LogP contribution in [0.3, 0.4) is 0 Å². The maximum Gasteiger partial charge on any atom is 0.142 e. The molecule has 0 spiro atoms. The van der Waals surface area contributed by atoms with Crippen LogP contribution < -0.4 is 4.74 Å². The molecule has 104 valence electrons. The highest BCUT2D eigenvalue weighted by molar-refractivity contribution is 9.10. The first-order chi connectivity index (χ1) is 9.45. The molecule has 0 bridgehead atoms. The minimum atomic E-state index is 0.632. The monoisotopic (exact) mass is 350 g/mol. The van der Waals surface area contributed by atoms with Gasteiger partial charge in [0.2, 0.25) is 0 Å². The predicted octanol–water partition coefficient (Wildman–Crippen LogP) is 5.91. The maximum absolute atomic E-state index is 6.34. The minimum Gasteiger partial charge on any atom is -0.461 e. The van der Waals surface area contributed by atoms with E-state index >= 15 is 0 Å². The highest BCUT2D eigenvalue weighted by atomic mass is 79.9. The van der Waals surface area contributed by atoms with E-state index in [9.17, 15) is 0 Å². The van der Waals surface area contributed by atoms with Crippen LogP contribution in [0.1, 0.15) is 23.6 Å². The zero-order valence-electron chi connectivity index (χ0n) is 11.5. The number of aryl methyl sites for hydroxylation is 1. The zero-order chi connectivity index (χ0) is 14.7. The molecule has 0 aliphatic heterocycles. The van der Waals surface area contributed by atoms with Crippen molar-refractivity contribution in [3.8, 4) is 5.75 Å². The van der Waals surface area contributed by atoms with Crippen molar-refractivity contribution in [2.24, 2.45) is 0 Å². The highest BCUT2D eigenvalue weighted by Crippen LogP contribution is 2.33. The fraction of sp³-hybridized carbons (Fsp3) is 0.176. The molecule has 0 atom stereocenters. The predicted molar refractivity (Wildman–Crippen MR) is 88.6 cm³/mol. The normalized spacial score (nSPS) is 10.4. The molecular weight excluding hydrogens is 336 g/mol. The molecular formula is C17H16BrClO. The van der Waals surface area contributed by atoms with E-state index in [1.165, 1.54) is 11.1 Å². The summed E-state index contributed by atoms with van der Waals surface area (Å²) in [7, 11) is 0. The summed E-state index contributed by atoms with van der Waals surface area (Å²) in [6, 6.07) is 12.3. The summed E-state index contributed by atoms with van der Waals surface area (Å²) >= 11 is 9.85. The number of benzene rings is 2. The molecule has 0 saturated carbocycles. The smallest absolute Gasteiger partial charge is 0.142 e. The standard InChI is InChI=1S/C17H16BrClO/c1-11(2)20-17-10-16(19)14(9-15(17)18)8-13-6-4-12(3)5-7-13/h4-7,9-10H,1,8H2,2-3H3. The Labute approximate surface area is 133 Å². The lowest BCUT2D eigenvalue weighted by molar-refractivity contribution is 0.428. The summed E-state index contributed by atoms with van der Waals surface area (Å²) < 4.78 is 6.40. The van der Waals surface area contributed by atoms with E-state index in [-0.39, 0.29) is 0 Å². The summed E-state index contributed by atoms with van der Waals surface area (Å²) in [4.78, 5) is 0. The van der Waals surface area contributed by atoms with Gasteiger partial charge in [0, 0.05) is 11.1 Å². The number of hydrogen-bond donors (Lipinski definition) is 0. The Kier molecular flexibility index (Phi) is 4.90. The van der Waals surface area contributed by atoms with Gasteiger partial charge in [-0.25, -0.2) is 0 Å². The first kappa shape index (κ1) is 15.1. The van der Waals surface area contributed by atoms with Crippen LogP contribution in [0.4, 0.5) is 0 Å². The SMILES string of the molecule is C=C(C)Oc1cc(Cl)c(Cc2ccc(C)cc2)cc1Br. The summed E-state index contributed by atoms with van der Waals surface area (Å²) in [5.41, 5.74) is 3.56. The van der Waals surface area contributed by atoms with Crippen LogP contribution in [0.2, 0.25) is 5.02 Å². The maximum atomic E-state index is 6.34. The average Bonchev–Trinajstić information content (AvgIpc) is 2.37. The Hall–Kier alpha value is -1.25. The van der Waals surface area contributed by atoms with Crippen LogP contribution >= 0.6 is 27.5 Å². The Morgan fingerprint density at radius 1 is 1.25 bits per heavy atom. The molecule has 3 heteroatoms. The van der Waals surface area contributed by atoms with Gasteiger partial charge in [0.1, 0.15) is 5.75 Å². The van der Waals surface area contributed by atoms with Crippen LogP contribution in [0.15, 0.2) is 53.2 Å². The van der Waals surface area contributed by atoms with E-state index in [1.54, 1.807) is 6.92 Å². The van der Waals surface area contributed by atoms with Gasteiger partial charge >= 0.3 is 0 Å². The molecule has 0 N–H and O–H groups in total. The molecule has 0 saturated heterocycles. The highest BCUT2D eigenvalue weighted by Gasteiger charge is 2.09. The molecule has 2 aromatic carbocycles. The summed E-state index contributed by atoms with van der Waals surface area (Å²) in [6.07, 6.45) is 0.797. The van der Waals surface area contributed by atoms with Gasteiger partial charge in [-0.2, -0.15) is 0 Å². The number of allylic oxidation sites excluding steroid dienone is 1. The third-order valence-electron chi connectivity index (χ3n) is 2.90. The van der Waals surface area contributed by atoms with Gasteiger partial charge in [-0.3, -0.25) is 0 Å². The van der Waals surface area contributed by atoms with Crippen LogP contribution in [0.25, 0.3) is 0 Å². The second-order valence-electron chi connectivity index (χ2n) is 4.84.